The Morgan fingerprint density at radius 1 is 1.13 bits per heavy atom. The number of ether oxygens (including phenoxy) is 2. The molecule has 0 bridgehead atoms. The number of cyclic esters (lactones) is 2. The number of nitrogens with zero attached hydrogens (tertiary/aromatic N) is 1. The van der Waals surface area contributed by atoms with E-state index in [0.29, 0.717) is 19.3 Å². The Hall–Kier alpha value is -3.43. The van der Waals surface area contributed by atoms with Crippen LogP contribution in [0, 0.1) is 17.8 Å². The van der Waals surface area contributed by atoms with Gasteiger partial charge >= 0.3 is 11.9 Å². The van der Waals surface area contributed by atoms with Crippen molar-refractivity contribution >= 4 is 35.7 Å². The van der Waals surface area contributed by atoms with E-state index in [0.717, 1.165) is 17.7 Å². The van der Waals surface area contributed by atoms with E-state index in [4.69, 9.17) is 9.47 Å². The number of amides is 2. The summed E-state index contributed by atoms with van der Waals surface area (Å²) in [7, 11) is 1.35. The number of para-hydroxylation sites is 1. The van der Waals surface area contributed by atoms with E-state index in [2.05, 4.69) is 5.32 Å². The Balaban J connectivity index is 2.42. The molecule has 0 aromatic heterocycles. The Bertz CT molecular complexity index is 1020. The zero-order chi connectivity index (χ0) is 28.6. The number of carbonyl (C=O) groups is 5. The van der Waals surface area contributed by atoms with Gasteiger partial charge in [-0.2, -0.15) is 0 Å². The van der Waals surface area contributed by atoms with Crippen molar-refractivity contribution in [2.24, 2.45) is 17.8 Å². The zero-order valence-corrected chi connectivity index (χ0v) is 23.1. The third-order valence-electron chi connectivity index (χ3n) is 6.90. The molecule has 1 heterocycles. The number of rotatable bonds is 11. The van der Waals surface area contributed by atoms with Gasteiger partial charge in [0.1, 0.15) is 18.0 Å². The van der Waals surface area contributed by atoms with Crippen LogP contribution < -0.4 is 5.32 Å². The summed E-state index contributed by atoms with van der Waals surface area (Å²) in [5.41, 5.74) is -0.131. The van der Waals surface area contributed by atoms with Crippen LogP contribution in [0.15, 0.2) is 18.2 Å². The standard InChI is InChI=1S/C28H40N2O8/c1-7-8-10-20-22(14-19(32)13-16(2)3)17(4)37-28(36)24(18(5)38-27(20)35)30(6)26(34)21-11-9-12-23(25(21)33)29-15-31/h9,11-12,15-18,20,22,24,33H,7-8,10,13-14H2,1-6H3,(H,29,31)/t17-,18+,20+,22+,24-/m1/s1. The number of nitrogens with one attached hydrogen (secondary N) is 1. The largest absolute Gasteiger partial charge is 0.505 e. The number of hydrogen-bond donors (Lipinski definition) is 2. The minimum Gasteiger partial charge on any atom is -0.505 e. The molecule has 1 aromatic rings. The second-order valence-electron chi connectivity index (χ2n) is 10.4. The van der Waals surface area contributed by atoms with Crippen molar-refractivity contribution in [3.05, 3.63) is 23.8 Å². The fourth-order valence-corrected chi connectivity index (χ4v) is 4.92. The molecular weight excluding hydrogens is 492 g/mol. The molecule has 5 atom stereocenters. The quantitative estimate of drug-likeness (QED) is 0.250. The summed E-state index contributed by atoms with van der Waals surface area (Å²) in [6.07, 6.45) is 0.994. The number of aromatic hydroxyl groups is 1. The third-order valence-corrected chi connectivity index (χ3v) is 6.90. The van der Waals surface area contributed by atoms with Gasteiger partial charge in [0.15, 0.2) is 11.8 Å². The van der Waals surface area contributed by atoms with Crippen LogP contribution in [0.4, 0.5) is 5.69 Å². The van der Waals surface area contributed by atoms with Crippen LogP contribution in [-0.4, -0.2) is 65.3 Å². The SMILES string of the molecule is CCCC[C@@H]1C(=O)O[C@@H](C)[C@@H](N(C)C(=O)c2cccc(NC=O)c2O)C(=O)O[C@H](C)[C@@H]1CC(=O)CC(C)C. The number of anilines is 1. The van der Waals surface area contributed by atoms with Crippen molar-refractivity contribution in [2.45, 2.75) is 85.0 Å². The molecule has 2 rings (SSSR count). The molecule has 2 amide bonds. The average molecular weight is 533 g/mol. The van der Waals surface area contributed by atoms with E-state index < -0.39 is 53.7 Å². The second-order valence-corrected chi connectivity index (χ2v) is 10.4. The van der Waals surface area contributed by atoms with E-state index in [1.807, 2.05) is 20.8 Å². The van der Waals surface area contributed by atoms with E-state index >= 15 is 0 Å². The number of phenolic OH excluding ortho intramolecular Hbond substituents is 1. The highest BCUT2D eigenvalue weighted by atomic mass is 16.6. The van der Waals surface area contributed by atoms with Crippen LogP contribution in [0.3, 0.4) is 0 Å². The summed E-state index contributed by atoms with van der Waals surface area (Å²) in [5, 5.41) is 12.8. The molecule has 10 nitrogen and oxygen atoms in total. The van der Waals surface area contributed by atoms with Crippen LogP contribution in [0.25, 0.3) is 0 Å². The van der Waals surface area contributed by atoms with Gasteiger partial charge in [0.05, 0.1) is 17.2 Å². The Kier molecular flexibility index (Phi) is 11.3. The van der Waals surface area contributed by atoms with Crippen molar-refractivity contribution < 1.29 is 38.6 Å². The predicted molar refractivity (Wildman–Crippen MR) is 140 cm³/mol. The third kappa shape index (κ3) is 7.55. The maximum atomic E-state index is 13.4. The molecule has 2 N–H and O–H groups in total. The smallest absolute Gasteiger partial charge is 0.333 e. The van der Waals surface area contributed by atoms with Crippen LogP contribution in [0.2, 0.25) is 0 Å². The lowest BCUT2D eigenvalue weighted by Crippen LogP contribution is -2.51. The molecule has 0 aliphatic carbocycles. The number of phenols is 1. The van der Waals surface area contributed by atoms with Crippen molar-refractivity contribution in [3.63, 3.8) is 0 Å². The molecule has 38 heavy (non-hydrogen) atoms. The maximum absolute atomic E-state index is 13.4. The normalized spacial score (nSPS) is 23.9. The first kappa shape index (κ1) is 30.8. The summed E-state index contributed by atoms with van der Waals surface area (Å²) in [5.74, 6) is -3.60. The molecule has 0 saturated carbocycles. The number of ketones is 1. The first-order valence-corrected chi connectivity index (χ1v) is 13.1. The monoisotopic (exact) mass is 532 g/mol. The van der Waals surface area contributed by atoms with Gasteiger partial charge in [0, 0.05) is 25.8 Å². The maximum Gasteiger partial charge on any atom is 0.333 e. The number of unbranched alkanes of at least 4 members (excludes halogenated alkanes) is 1. The number of Topliss-reactive ketones (excluding diaryl/α,β-unsaturated/α-hetero) is 1. The van der Waals surface area contributed by atoms with Crippen LogP contribution in [-0.2, 0) is 28.7 Å². The van der Waals surface area contributed by atoms with Gasteiger partial charge in [0.25, 0.3) is 5.91 Å². The molecule has 1 aromatic carbocycles. The van der Waals surface area contributed by atoms with Gasteiger partial charge in [-0.25, -0.2) is 4.79 Å². The lowest BCUT2D eigenvalue weighted by Gasteiger charge is -2.31. The molecule has 10 heteroatoms. The van der Waals surface area contributed by atoms with Gasteiger partial charge in [0.2, 0.25) is 6.41 Å². The van der Waals surface area contributed by atoms with E-state index in [-0.39, 0.29) is 29.4 Å². The summed E-state index contributed by atoms with van der Waals surface area (Å²) >= 11 is 0. The molecule has 210 valence electrons. The van der Waals surface area contributed by atoms with Gasteiger partial charge in [-0.3, -0.25) is 19.2 Å². The molecular formula is C28H40N2O8. The summed E-state index contributed by atoms with van der Waals surface area (Å²) < 4.78 is 11.5. The van der Waals surface area contributed by atoms with Gasteiger partial charge < -0.3 is 24.8 Å². The first-order valence-electron chi connectivity index (χ1n) is 13.1. The lowest BCUT2D eigenvalue weighted by atomic mass is 9.80. The van der Waals surface area contributed by atoms with Crippen molar-refractivity contribution in [2.75, 3.05) is 12.4 Å². The molecule has 1 saturated heterocycles. The summed E-state index contributed by atoms with van der Waals surface area (Å²) in [6, 6.07) is 2.92. The molecule has 1 aliphatic heterocycles. The Labute approximate surface area is 224 Å². The zero-order valence-electron chi connectivity index (χ0n) is 23.1. The highest BCUT2D eigenvalue weighted by Crippen LogP contribution is 2.33. The minimum absolute atomic E-state index is 0.0161. The van der Waals surface area contributed by atoms with Gasteiger partial charge in [-0.15, -0.1) is 0 Å². The van der Waals surface area contributed by atoms with Gasteiger partial charge in [-0.1, -0.05) is 39.7 Å². The van der Waals surface area contributed by atoms with Crippen LogP contribution in [0.1, 0.15) is 77.1 Å². The van der Waals surface area contributed by atoms with Gasteiger partial charge in [-0.05, 0) is 38.3 Å². The van der Waals surface area contributed by atoms with E-state index in [9.17, 15) is 29.1 Å². The molecule has 1 aliphatic rings. The molecule has 0 unspecified atom stereocenters. The van der Waals surface area contributed by atoms with E-state index in [1.165, 1.54) is 32.2 Å². The highest BCUT2D eigenvalue weighted by Gasteiger charge is 2.44. The van der Waals surface area contributed by atoms with Crippen molar-refractivity contribution in [1.29, 1.82) is 0 Å². The second kappa shape index (κ2) is 13.9. The first-order chi connectivity index (χ1) is 17.9. The van der Waals surface area contributed by atoms with Crippen LogP contribution in [0.5, 0.6) is 5.75 Å². The average Bonchev–Trinajstić information content (AvgIpc) is 2.86. The predicted octanol–water partition coefficient (Wildman–Crippen LogP) is 3.71. The van der Waals surface area contributed by atoms with Crippen molar-refractivity contribution in [1.82, 2.24) is 4.90 Å². The number of hydrogen-bond acceptors (Lipinski definition) is 8. The fraction of sp³-hybridized carbons (Fsp3) is 0.607. The Morgan fingerprint density at radius 2 is 1.79 bits per heavy atom. The van der Waals surface area contributed by atoms with E-state index in [1.54, 1.807) is 6.92 Å². The minimum atomic E-state index is -1.31. The van der Waals surface area contributed by atoms with Crippen LogP contribution >= 0.6 is 0 Å². The highest BCUT2D eigenvalue weighted by molar-refractivity contribution is 6.01. The molecule has 0 radical (unpaired) electrons. The van der Waals surface area contributed by atoms with Crippen molar-refractivity contribution in [3.8, 4) is 5.75 Å². The lowest BCUT2D eigenvalue weighted by molar-refractivity contribution is -0.161. The number of carbonyl (C=O) groups excluding carboxylic acids is 5. The number of benzene rings is 1. The topological polar surface area (TPSA) is 139 Å². The summed E-state index contributed by atoms with van der Waals surface area (Å²) in [4.78, 5) is 64.8. The number of esters is 2. The molecule has 1 fully saturated rings. The summed E-state index contributed by atoms with van der Waals surface area (Å²) in [6.45, 7) is 9.04. The fourth-order valence-electron chi connectivity index (χ4n) is 4.92. The number of likely N-dealkylation sites (N-methyl/N-ethyl adjacent to an activating group) is 1. The molecule has 0 spiro atoms. The Morgan fingerprint density at radius 3 is 2.39 bits per heavy atom.